The second-order valence-corrected chi connectivity index (χ2v) is 3.85. The second kappa shape index (κ2) is 7.60. The van der Waals surface area contributed by atoms with E-state index in [4.69, 9.17) is 0 Å². The summed E-state index contributed by atoms with van der Waals surface area (Å²) < 4.78 is 0. The molecular formula is C11H25N. The highest BCUT2D eigenvalue weighted by Gasteiger charge is 2.13. The number of hydrogen-bond donors (Lipinski definition) is 1. The van der Waals surface area contributed by atoms with E-state index in [1.807, 2.05) is 7.05 Å². The van der Waals surface area contributed by atoms with E-state index in [-0.39, 0.29) is 0 Å². The van der Waals surface area contributed by atoms with Crippen molar-refractivity contribution >= 4 is 0 Å². The van der Waals surface area contributed by atoms with Gasteiger partial charge in [0.1, 0.15) is 0 Å². The Bertz CT molecular complexity index is 91.0. The van der Waals surface area contributed by atoms with E-state index in [0.717, 1.165) is 11.8 Å². The van der Waals surface area contributed by atoms with E-state index in [2.05, 4.69) is 26.1 Å². The first-order chi connectivity index (χ1) is 5.76. The summed E-state index contributed by atoms with van der Waals surface area (Å²) in [7, 11) is 2.04. The molecule has 1 N–H and O–H groups in total. The fraction of sp³-hybridized carbons (Fsp3) is 1.00. The lowest BCUT2D eigenvalue weighted by molar-refractivity contribution is 0.311. The average Bonchev–Trinajstić information content (AvgIpc) is 2.06. The van der Waals surface area contributed by atoms with Crippen molar-refractivity contribution in [2.75, 3.05) is 13.6 Å². The topological polar surface area (TPSA) is 12.0 Å². The highest BCUT2D eigenvalue weighted by molar-refractivity contribution is 4.66. The normalized spacial score (nSPS) is 16.0. The van der Waals surface area contributed by atoms with Gasteiger partial charge in [-0.3, -0.25) is 0 Å². The molecule has 0 saturated heterocycles. The minimum atomic E-state index is 0.839. The average molecular weight is 171 g/mol. The number of hydrogen-bond acceptors (Lipinski definition) is 1. The molecule has 0 bridgehead atoms. The molecule has 0 aromatic rings. The SMILES string of the molecule is CCCCC(CC)[C@H](C)CNC. The maximum Gasteiger partial charge on any atom is -0.00235 e. The molecule has 0 amide bonds. The van der Waals surface area contributed by atoms with Crippen molar-refractivity contribution in [3.63, 3.8) is 0 Å². The molecule has 0 aliphatic rings. The van der Waals surface area contributed by atoms with Crippen LogP contribution in [0.4, 0.5) is 0 Å². The molecule has 2 atom stereocenters. The van der Waals surface area contributed by atoms with E-state index in [0.29, 0.717) is 0 Å². The number of unbranched alkanes of at least 4 members (excludes halogenated alkanes) is 1. The molecule has 1 nitrogen and oxygen atoms in total. The zero-order valence-electron chi connectivity index (χ0n) is 9.19. The molecule has 0 radical (unpaired) electrons. The highest BCUT2D eigenvalue weighted by Crippen LogP contribution is 2.21. The molecule has 0 spiro atoms. The molecular weight excluding hydrogens is 146 g/mol. The number of rotatable bonds is 7. The molecule has 0 rings (SSSR count). The van der Waals surface area contributed by atoms with Gasteiger partial charge in [-0.25, -0.2) is 0 Å². The standard InChI is InChI=1S/C11H25N/c1-5-7-8-11(6-2)10(3)9-12-4/h10-12H,5-9H2,1-4H3/t10-,11?/m1/s1. The summed E-state index contributed by atoms with van der Waals surface area (Å²) in [6.45, 7) is 8.12. The van der Waals surface area contributed by atoms with Crippen LogP contribution in [0.1, 0.15) is 46.5 Å². The van der Waals surface area contributed by atoms with Gasteiger partial charge in [-0.1, -0.05) is 46.5 Å². The zero-order chi connectivity index (χ0) is 9.40. The Morgan fingerprint density at radius 1 is 1.25 bits per heavy atom. The third-order valence-corrected chi connectivity index (χ3v) is 2.78. The summed E-state index contributed by atoms with van der Waals surface area (Å²) >= 11 is 0. The molecule has 0 saturated carbocycles. The Morgan fingerprint density at radius 2 is 1.92 bits per heavy atom. The lowest BCUT2D eigenvalue weighted by Crippen LogP contribution is -2.23. The summed E-state index contributed by atoms with van der Waals surface area (Å²) in [5.41, 5.74) is 0. The van der Waals surface area contributed by atoms with Crippen molar-refractivity contribution in [1.29, 1.82) is 0 Å². The first kappa shape index (κ1) is 12.0. The fourth-order valence-corrected chi connectivity index (χ4v) is 1.85. The van der Waals surface area contributed by atoms with Crippen molar-refractivity contribution in [3.8, 4) is 0 Å². The fourth-order valence-electron chi connectivity index (χ4n) is 1.85. The molecule has 0 aromatic heterocycles. The van der Waals surface area contributed by atoms with Gasteiger partial charge < -0.3 is 5.32 Å². The van der Waals surface area contributed by atoms with E-state index in [9.17, 15) is 0 Å². The Balaban J connectivity index is 3.62. The summed E-state index contributed by atoms with van der Waals surface area (Å²) in [6.07, 6.45) is 5.48. The largest absolute Gasteiger partial charge is 0.319 e. The van der Waals surface area contributed by atoms with Crippen molar-refractivity contribution in [1.82, 2.24) is 5.32 Å². The molecule has 0 heterocycles. The Morgan fingerprint density at radius 3 is 2.33 bits per heavy atom. The summed E-state index contributed by atoms with van der Waals surface area (Å²) in [5, 5.41) is 3.26. The van der Waals surface area contributed by atoms with Gasteiger partial charge in [-0.2, -0.15) is 0 Å². The van der Waals surface area contributed by atoms with Crippen LogP contribution in [-0.2, 0) is 0 Å². The van der Waals surface area contributed by atoms with E-state index >= 15 is 0 Å². The van der Waals surface area contributed by atoms with Gasteiger partial charge in [0.2, 0.25) is 0 Å². The van der Waals surface area contributed by atoms with Crippen LogP contribution in [0.5, 0.6) is 0 Å². The molecule has 0 fully saturated rings. The van der Waals surface area contributed by atoms with Gasteiger partial charge in [0, 0.05) is 0 Å². The predicted octanol–water partition coefficient (Wildman–Crippen LogP) is 3.06. The molecule has 12 heavy (non-hydrogen) atoms. The van der Waals surface area contributed by atoms with Crippen LogP contribution in [-0.4, -0.2) is 13.6 Å². The third-order valence-electron chi connectivity index (χ3n) is 2.78. The summed E-state index contributed by atoms with van der Waals surface area (Å²) in [4.78, 5) is 0. The Labute approximate surface area is 77.9 Å². The lowest BCUT2D eigenvalue weighted by Gasteiger charge is -2.22. The van der Waals surface area contributed by atoms with Gasteiger partial charge >= 0.3 is 0 Å². The maximum absolute atomic E-state index is 3.26. The van der Waals surface area contributed by atoms with Gasteiger partial charge in [0.05, 0.1) is 0 Å². The minimum Gasteiger partial charge on any atom is -0.319 e. The van der Waals surface area contributed by atoms with Crippen LogP contribution in [0, 0.1) is 11.8 Å². The van der Waals surface area contributed by atoms with Crippen molar-refractivity contribution in [2.45, 2.75) is 46.5 Å². The zero-order valence-corrected chi connectivity index (χ0v) is 9.19. The van der Waals surface area contributed by atoms with E-state index in [1.54, 1.807) is 0 Å². The molecule has 0 aromatic carbocycles. The van der Waals surface area contributed by atoms with Crippen molar-refractivity contribution in [3.05, 3.63) is 0 Å². The molecule has 0 aliphatic heterocycles. The van der Waals surface area contributed by atoms with Gasteiger partial charge in [-0.15, -0.1) is 0 Å². The van der Waals surface area contributed by atoms with Crippen LogP contribution in [0.25, 0.3) is 0 Å². The predicted molar refractivity (Wildman–Crippen MR) is 56.4 cm³/mol. The highest BCUT2D eigenvalue weighted by atomic mass is 14.8. The molecule has 1 heteroatoms. The first-order valence-electron chi connectivity index (χ1n) is 5.40. The Hall–Kier alpha value is -0.0400. The van der Waals surface area contributed by atoms with Gasteiger partial charge in [0.15, 0.2) is 0 Å². The minimum absolute atomic E-state index is 0.839. The first-order valence-corrected chi connectivity index (χ1v) is 5.40. The van der Waals surface area contributed by atoms with E-state index < -0.39 is 0 Å². The quantitative estimate of drug-likeness (QED) is 0.621. The number of nitrogens with one attached hydrogen (secondary N) is 1. The van der Waals surface area contributed by atoms with Crippen LogP contribution in [0.3, 0.4) is 0 Å². The van der Waals surface area contributed by atoms with Gasteiger partial charge in [0.25, 0.3) is 0 Å². The molecule has 0 aliphatic carbocycles. The third kappa shape index (κ3) is 4.76. The van der Waals surface area contributed by atoms with Crippen molar-refractivity contribution < 1.29 is 0 Å². The second-order valence-electron chi connectivity index (χ2n) is 3.85. The van der Waals surface area contributed by atoms with Gasteiger partial charge in [-0.05, 0) is 25.4 Å². The smallest absolute Gasteiger partial charge is 0.00235 e. The summed E-state index contributed by atoms with van der Waals surface area (Å²) in [6, 6.07) is 0. The monoisotopic (exact) mass is 171 g/mol. The Kier molecular flexibility index (Phi) is 7.58. The maximum atomic E-state index is 3.26. The van der Waals surface area contributed by atoms with Crippen LogP contribution in [0.2, 0.25) is 0 Å². The van der Waals surface area contributed by atoms with E-state index in [1.165, 1.54) is 32.2 Å². The summed E-state index contributed by atoms with van der Waals surface area (Å²) in [5.74, 6) is 1.77. The van der Waals surface area contributed by atoms with Crippen molar-refractivity contribution in [2.24, 2.45) is 11.8 Å². The molecule has 74 valence electrons. The van der Waals surface area contributed by atoms with Crippen LogP contribution >= 0.6 is 0 Å². The van der Waals surface area contributed by atoms with Crippen LogP contribution < -0.4 is 5.32 Å². The lowest BCUT2D eigenvalue weighted by atomic mass is 9.87. The molecule has 1 unspecified atom stereocenters. The van der Waals surface area contributed by atoms with Crippen LogP contribution in [0.15, 0.2) is 0 Å².